The van der Waals surface area contributed by atoms with Gasteiger partial charge in [0.25, 0.3) is 0 Å². The summed E-state index contributed by atoms with van der Waals surface area (Å²) in [6, 6.07) is 11.2. The Hall–Kier alpha value is -2.67. The maximum absolute atomic E-state index is 5.98. The molecule has 29 heavy (non-hydrogen) atoms. The van der Waals surface area contributed by atoms with Crippen LogP contribution in [-0.4, -0.2) is 50.3 Å². The maximum Gasteiger partial charge on any atom is 0.199 e. The van der Waals surface area contributed by atoms with Crippen LogP contribution >= 0.6 is 0 Å². The Kier molecular flexibility index (Phi) is 4.15. The number of benzene rings is 1. The van der Waals surface area contributed by atoms with E-state index in [-0.39, 0.29) is 0 Å². The first-order chi connectivity index (χ1) is 14.3. The van der Waals surface area contributed by atoms with Crippen molar-refractivity contribution in [3.63, 3.8) is 0 Å². The zero-order chi connectivity index (χ0) is 19.2. The summed E-state index contributed by atoms with van der Waals surface area (Å²) in [5, 5.41) is 11.9. The third kappa shape index (κ3) is 3.13. The summed E-state index contributed by atoms with van der Waals surface area (Å²) in [4.78, 5) is 7.36. The normalized spacial score (nSPS) is 24.5. The van der Waals surface area contributed by atoms with Gasteiger partial charge in [-0.1, -0.05) is 12.8 Å². The van der Waals surface area contributed by atoms with E-state index in [1.165, 1.54) is 44.2 Å². The molecule has 2 aromatic heterocycles. The first-order valence-corrected chi connectivity index (χ1v) is 10.8. The molecule has 0 spiro atoms. The summed E-state index contributed by atoms with van der Waals surface area (Å²) in [7, 11) is 0. The number of nitrogens with one attached hydrogen (secondary N) is 1. The zero-order valence-electron chi connectivity index (χ0n) is 16.5. The number of anilines is 1. The third-order valence-corrected chi connectivity index (χ3v) is 6.58. The van der Waals surface area contributed by atoms with Gasteiger partial charge in [0.05, 0.1) is 18.2 Å². The standard InChI is InChI=1S/C22H26N6O/c1-2-4-17(3-1)28-22(24-21(26-28)20-11-12-23-25-20)15-5-7-16(8-6-15)27-13-18-9-10-19(14-27)29-18/h5-8,11-12,17-19H,1-4,9-10,13-14H2,(H,23,25). The van der Waals surface area contributed by atoms with Gasteiger partial charge in [-0.2, -0.15) is 5.10 Å². The van der Waals surface area contributed by atoms with Crippen molar-refractivity contribution in [2.45, 2.75) is 56.8 Å². The molecule has 0 radical (unpaired) electrons. The van der Waals surface area contributed by atoms with Crippen molar-refractivity contribution in [2.75, 3.05) is 18.0 Å². The lowest BCUT2D eigenvalue weighted by Crippen LogP contribution is -2.42. The van der Waals surface area contributed by atoms with Gasteiger partial charge in [0.15, 0.2) is 11.6 Å². The minimum Gasteiger partial charge on any atom is -0.371 e. The highest BCUT2D eigenvalue weighted by Crippen LogP contribution is 2.35. The summed E-state index contributed by atoms with van der Waals surface area (Å²) < 4.78 is 8.13. The summed E-state index contributed by atoms with van der Waals surface area (Å²) in [6.07, 6.45) is 9.81. The van der Waals surface area contributed by atoms with Crippen LogP contribution in [-0.2, 0) is 4.74 Å². The van der Waals surface area contributed by atoms with E-state index in [1.54, 1.807) is 6.20 Å². The summed E-state index contributed by atoms with van der Waals surface area (Å²) in [5.41, 5.74) is 3.26. The van der Waals surface area contributed by atoms with Crippen molar-refractivity contribution >= 4 is 5.69 Å². The predicted molar refractivity (Wildman–Crippen MR) is 111 cm³/mol. The average molecular weight is 390 g/mol. The molecule has 2 bridgehead atoms. The fraction of sp³-hybridized carbons (Fsp3) is 0.500. The first kappa shape index (κ1) is 17.2. The number of fused-ring (bicyclic) bond motifs is 2. The number of aromatic nitrogens is 5. The first-order valence-electron chi connectivity index (χ1n) is 10.8. The third-order valence-electron chi connectivity index (χ3n) is 6.58. The van der Waals surface area contributed by atoms with Crippen LogP contribution in [0.5, 0.6) is 0 Å². The topological polar surface area (TPSA) is 71.9 Å². The van der Waals surface area contributed by atoms with Crippen molar-refractivity contribution in [2.24, 2.45) is 0 Å². The van der Waals surface area contributed by atoms with Gasteiger partial charge in [0, 0.05) is 30.5 Å². The summed E-state index contributed by atoms with van der Waals surface area (Å²) >= 11 is 0. The minimum atomic E-state index is 0.399. The number of hydrogen-bond acceptors (Lipinski definition) is 5. The lowest BCUT2D eigenvalue weighted by molar-refractivity contribution is 0.0305. The number of rotatable bonds is 4. The second-order valence-corrected chi connectivity index (χ2v) is 8.52. The fourth-order valence-electron chi connectivity index (χ4n) is 5.07. The van der Waals surface area contributed by atoms with E-state index in [0.29, 0.717) is 18.2 Å². The van der Waals surface area contributed by atoms with Crippen LogP contribution < -0.4 is 4.90 Å². The van der Waals surface area contributed by atoms with E-state index in [9.17, 15) is 0 Å². The Morgan fingerprint density at radius 2 is 1.69 bits per heavy atom. The molecule has 1 aliphatic carbocycles. The molecule has 7 nitrogen and oxygen atoms in total. The molecule has 6 rings (SSSR count). The SMILES string of the molecule is c1cc(-c2nc(-c3ccc(N4CC5CCC(C4)O5)cc3)n(C3CCCC3)n2)[nH]n1. The molecule has 3 aliphatic rings. The number of aromatic amines is 1. The van der Waals surface area contributed by atoms with E-state index in [0.717, 1.165) is 36.0 Å². The molecule has 2 saturated heterocycles. The number of H-pyrrole nitrogens is 1. The lowest BCUT2D eigenvalue weighted by Gasteiger charge is -2.33. The predicted octanol–water partition coefficient (Wildman–Crippen LogP) is 3.82. The Morgan fingerprint density at radius 3 is 2.38 bits per heavy atom. The Balaban J connectivity index is 1.32. The van der Waals surface area contributed by atoms with Crippen LogP contribution in [0.2, 0.25) is 0 Å². The number of morpholine rings is 1. The monoisotopic (exact) mass is 390 g/mol. The maximum atomic E-state index is 5.98. The highest BCUT2D eigenvalue weighted by molar-refractivity contribution is 5.63. The van der Waals surface area contributed by atoms with E-state index in [2.05, 4.69) is 44.0 Å². The molecule has 2 unspecified atom stereocenters. The van der Waals surface area contributed by atoms with E-state index in [4.69, 9.17) is 14.8 Å². The fourth-order valence-corrected chi connectivity index (χ4v) is 5.07. The van der Waals surface area contributed by atoms with Crippen LogP contribution in [0.1, 0.15) is 44.6 Å². The molecular weight excluding hydrogens is 364 g/mol. The van der Waals surface area contributed by atoms with Gasteiger partial charge in [-0.25, -0.2) is 9.67 Å². The van der Waals surface area contributed by atoms with Crippen LogP contribution in [0, 0.1) is 0 Å². The number of ether oxygens (including phenoxy) is 1. The molecule has 1 saturated carbocycles. The molecule has 7 heteroatoms. The highest BCUT2D eigenvalue weighted by atomic mass is 16.5. The molecule has 0 amide bonds. The quantitative estimate of drug-likeness (QED) is 0.733. The van der Waals surface area contributed by atoms with Gasteiger partial charge in [0.2, 0.25) is 0 Å². The molecule has 1 aromatic carbocycles. The molecular formula is C22H26N6O. The number of hydrogen-bond donors (Lipinski definition) is 1. The smallest absolute Gasteiger partial charge is 0.199 e. The molecule has 150 valence electrons. The second kappa shape index (κ2) is 6.99. The van der Waals surface area contributed by atoms with Crippen molar-refractivity contribution in [1.29, 1.82) is 0 Å². The lowest BCUT2D eigenvalue weighted by atomic mass is 10.1. The van der Waals surface area contributed by atoms with E-state index >= 15 is 0 Å². The number of nitrogens with zero attached hydrogens (tertiary/aromatic N) is 5. The van der Waals surface area contributed by atoms with Crippen LogP contribution in [0.4, 0.5) is 5.69 Å². The molecule has 4 heterocycles. The van der Waals surface area contributed by atoms with E-state index in [1.807, 2.05) is 6.07 Å². The minimum absolute atomic E-state index is 0.399. The summed E-state index contributed by atoms with van der Waals surface area (Å²) in [5.74, 6) is 1.67. The zero-order valence-corrected chi connectivity index (χ0v) is 16.5. The van der Waals surface area contributed by atoms with Gasteiger partial charge in [-0.15, -0.1) is 5.10 Å². The average Bonchev–Trinajstić information content (AvgIpc) is 3.54. The second-order valence-electron chi connectivity index (χ2n) is 8.52. The van der Waals surface area contributed by atoms with Crippen molar-refractivity contribution in [1.82, 2.24) is 25.0 Å². The van der Waals surface area contributed by atoms with Gasteiger partial charge < -0.3 is 9.64 Å². The van der Waals surface area contributed by atoms with Crippen LogP contribution in [0.25, 0.3) is 22.9 Å². The van der Waals surface area contributed by atoms with Crippen LogP contribution in [0.15, 0.2) is 36.5 Å². The molecule has 2 atom stereocenters. The van der Waals surface area contributed by atoms with Crippen molar-refractivity contribution in [3.05, 3.63) is 36.5 Å². The Bertz CT molecular complexity index is 961. The van der Waals surface area contributed by atoms with Gasteiger partial charge >= 0.3 is 0 Å². The van der Waals surface area contributed by atoms with Crippen molar-refractivity contribution < 1.29 is 4.74 Å². The van der Waals surface area contributed by atoms with Gasteiger partial charge in [-0.05, 0) is 56.0 Å². The highest BCUT2D eigenvalue weighted by Gasteiger charge is 2.33. The van der Waals surface area contributed by atoms with Gasteiger partial charge in [0.1, 0.15) is 5.69 Å². The largest absolute Gasteiger partial charge is 0.371 e. The van der Waals surface area contributed by atoms with Crippen molar-refractivity contribution in [3.8, 4) is 22.9 Å². The van der Waals surface area contributed by atoms with E-state index < -0.39 is 0 Å². The Morgan fingerprint density at radius 1 is 0.931 bits per heavy atom. The molecule has 3 fully saturated rings. The Labute approximate surface area is 170 Å². The molecule has 3 aromatic rings. The van der Waals surface area contributed by atoms with Crippen LogP contribution in [0.3, 0.4) is 0 Å². The van der Waals surface area contributed by atoms with Gasteiger partial charge in [-0.3, -0.25) is 5.10 Å². The molecule has 1 N–H and O–H groups in total. The molecule has 2 aliphatic heterocycles. The summed E-state index contributed by atoms with van der Waals surface area (Å²) in [6.45, 7) is 2.00.